The van der Waals surface area contributed by atoms with Gasteiger partial charge in [0.2, 0.25) is 5.78 Å². The van der Waals surface area contributed by atoms with Gasteiger partial charge in [0.1, 0.15) is 5.75 Å². The lowest BCUT2D eigenvalue weighted by Gasteiger charge is -2.13. The van der Waals surface area contributed by atoms with Gasteiger partial charge in [-0.15, -0.1) is 0 Å². The van der Waals surface area contributed by atoms with Gasteiger partial charge < -0.3 is 19.2 Å². The van der Waals surface area contributed by atoms with Crippen LogP contribution < -0.4 is 4.74 Å². The Morgan fingerprint density at radius 2 is 1.90 bits per heavy atom. The van der Waals surface area contributed by atoms with E-state index in [1.165, 1.54) is 14.0 Å². The molecule has 1 atom stereocenters. The van der Waals surface area contributed by atoms with Crippen molar-refractivity contribution in [3.63, 3.8) is 0 Å². The van der Waals surface area contributed by atoms with Gasteiger partial charge >= 0.3 is 11.9 Å². The summed E-state index contributed by atoms with van der Waals surface area (Å²) in [5.74, 6) is -1.04. The molecule has 1 heterocycles. The molecule has 156 valence electrons. The summed E-state index contributed by atoms with van der Waals surface area (Å²) in [6.07, 6.45) is -1.14. The maximum absolute atomic E-state index is 12.8. The van der Waals surface area contributed by atoms with Crippen LogP contribution in [0.1, 0.15) is 51.5 Å². The molecule has 8 heteroatoms. The average molecular weight is 422 g/mol. The van der Waals surface area contributed by atoms with E-state index in [2.05, 4.69) is 4.98 Å². The SMILES string of the molecule is CCOC(=O)c1c(C)[nH]c(C(=O)[C@@H](C)OC(=O)Cc2cc(Cl)ccc2OC)c1C. The number of hydrogen-bond acceptors (Lipinski definition) is 6. The molecule has 2 aromatic rings. The van der Waals surface area contributed by atoms with E-state index < -0.39 is 23.8 Å². The maximum Gasteiger partial charge on any atom is 0.340 e. The summed E-state index contributed by atoms with van der Waals surface area (Å²) >= 11 is 5.97. The third-order valence-electron chi connectivity index (χ3n) is 4.42. The number of carbonyl (C=O) groups excluding carboxylic acids is 3. The minimum atomic E-state index is -1.04. The number of methoxy groups -OCH3 is 1. The predicted molar refractivity (Wildman–Crippen MR) is 108 cm³/mol. The molecule has 0 radical (unpaired) electrons. The number of ketones is 1. The van der Waals surface area contributed by atoms with Gasteiger partial charge in [0.25, 0.3) is 0 Å². The first-order chi connectivity index (χ1) is 13.7. The molecule has 29 heavy (non-hydrogen) atoms. The van der Waals surface area contributed by atoms with Crippen molar-refractivity contribution in [2.45, 2.75) is 40.2 Å². The van der Waals surface area contributed by atoms with E-state index >= 15 is 0 Å². The van der Waals surface area contributed by atoms with Crippen LogP contribution in [-0.4, -0.2) is 42.5 Å². The summed E-state index contributed by atoms with van der Waals surface area (Å²) < 4.78 is 15.5. The Bertz CT molecular complexity index is 933. The molecule has 0 amide bonds. The second-order valence-corrected chi connectivity index (χ2v) is 6.91. The maximum atomic E-state index is 12.8. The molecule has 0 aliphatic carbocycles. The highest BCUT2D eigenvalue weighted by atomic mass is 35.5. The van der Waals surface area contributed by atoms with Crippen molar-refractivity contribution in [2.24, 2.45) is 0 Å². The van der Waals surface area contributed by atoms with Crippen LogP contribution in [0.15, 0.2) is 18.2 Å². The van der Waals surface area contributed by atoms with Crippen LogP contribution >= 0.6 is 11.6 Å². The molecular formula is C21H24ClNO6. The van der Waals surface area contributed by atoms with Gasteiger partial charge in [-0.25, -0.2) is 4.79 Å². The summed E-state index contributed by atoms with van der Waals surface area (Å²) in [5, 5.41) is 0.460. The number of hydrogen-bond donors (Lipinski definition) is 1. The second-order valence-electron chi connectivity index (χ2n) is 6.47. The van der Waals surface area contributed by atoms with Crippen LogP contribution in [0.3, 0.4) is 0 Å². The van der Waals surface area contributed by atoms with Gasteiger partial charge in [-0.1, -0.05) is 11.6 Å². The third kappa shape index (κ3) is 5.17. The lowest BCUT2D eigenvalue weighted by Crippen LogP contribution is -2.26. The molecule has 0 unspecified atom stereocenters. The summed E-state index contributed by atoms with van der Waals surface area (Å²) in [4.78, 5) is 40.1. The second kappa shape index (κ2) is 9.60. The molecule has 0 fully saturated rings. The summed E-state index contributed by atoms with van der Waals surface area (Å²) in [6.45, 7) is 6.74. The van der Waals surface area contributed by atoms with Crippen molar-refractivity contribution in [1.29, 1.82) is 0 Å². The van der Waals surface area contributed by atoms with E-state index in [1.807, 2.05) is 0 Å². The Kier molecular flexibility index (Phi) is 7.45. The van der Waals surface area contributed by atoms with E-state index in [-0.39, 0.29) is 18.7 Å². The van der Waals surface area contributed by atoms with E-state index in [9.17, 15) is 14.4 Å². The number of aromatic nitrogens is 1. The number of nitrogens with one attached hydrogen (secondary N) is 1. The molecule has 0 bridgehead atoms. The molecule has 1 N–H and O–H groups in total. The van der Waals surface area contributed by atoms with Crippen molar-refractivity contribution in [1.82, 2.24) is 4.98 Å². The van der Waals surface area contributed by atoms with Gasteiger partial charge in [-0.2, -0.15) is 0 Å². The molecule has 7 nitrogen and oxygen atoms in total. The molecular weight excluding hydrogens is 398 g/mol. The van der Waals surface area contributed by atoms with E-state index in [4.69, 9.17) is 25.8 Å². The zero-order valence-electron chi connectivity index (χ0n) is 17.1. The fourth-order valence-corrected chi connectivity index (χ4v) is 3.24. The van der Waals surface area contributed by atoms with Gasteiger partial charge in [0.15, 0.2) is 6.10 Å². The summed E-state index contributed by atoms with van der Waals surface area (Å²) in [7, 11) is 1.49. The largest absolute Gasteiger partial charge is 0.496 e. The number of ether oxygens (including phenoxy) is 3. The minimum Gasteiger partial charge on any atom is -0.496 e. The van der Waals surface area contributed by atoms with Crippen molar-refractivity contribution in [2.75, 3.05) is 13.7 Å². The quantitative estimate of drug-likeness (QED) is 0.514. The Morgan fingerprint density at radius 1 is 1.21 bits per heavy atom. The highest BCUT2D eigenvalue weighted by molar-refractivity contribution is 6.30. The normalized spacial score (nSPS) is 11.7. The van der Waals surface area contributed by atoms with Gasteiger partial charge in [-0.05, 0) is 51.5 Å². The van der Waals surface area contributed by atoms with Gasteiger partial charge in [0.05, 0.1) is 31.4 Å². The molecule has 2 rings (SSSR count). The Morgan fingerprint density at radius 3 is 2.52 bits per heavy atom. The number of aryl methyl sites for hydroxylation is 1. The lowest BCUT2D eigenvalue weighted by molar-refractivity contribution is -0.145. The molecule has 0 saturated carbocycles. The zero-order valence-corrected chi connectivity index (χ0v) is 17.8. The fourth-order valence-electron chi connectivity index (χ4n) is 3.04. The zero-order chi connectivity index (χ0) is 21.7. The van der Waals surface area contributed by atoms with Crippen LogP contribution in [0.5, 0.6) is 5.75 Å². The Balaban J connectivity index is 2.13. The smallest absolute Gasteiger partial charge is 0.340 e. The van der Waals surface area contributed by atoms with Crippen LogP contribution in [0.4, 0.5) is 0 Å². The lowest BCUT2D eigenvalue weighted by atomic mass is 10.1. The minimum absolute atomic E-state index is 0.0990. The monoisotopic (exact) mass is 421 g/mol. The first-order valence-electron chi connectivity index (χ1n) is 9.11. The molecule has 0 aliphatic heterocycles. The van der Waals surface area contributed by atoms with E-state index in [0.29, 0.717) is 33.2 Å². The van der Waals surface area contributed by atoms with E-state index in [0.717, 1.165) is 0 Å². The van der Waals surface area contributed by atoms with Gasteiger partial charge in [-0.3, -0.25) is 9.59 Å². The number of halogens is 1. The predicted octanol–water partition coefficient (Wildman–Crippen LogP) is 3.83. The van der Waals surface area contributed by atoms with E-state index in [1.54, 1.807) is 39.0 Å². The fraction of sp³-hybridized carbons (Fsp3) is 0.381. The highest BCUT2D eigenvalue weighted by Crippen LogP contribution is 2.24. The molecule has 0 spiro atoms. The first-order valence-corrected chi connectivity index (χ1v) is 9.49. The summed E-state index contributed by atoms with van der Waals surface area (Å²) in [5.41, 5.74) is 2.07. The number of benzene rings is 1. The topological polar surface area (TPSA) is 94.7 Å². The number of Topliss-reactive ketones (excluding diaryl/α,β-unsaturated/α-hetero) is 1. The molecule has 0 aliphatic rings. The van der Waals surface area contributed by atoms with Crippen molar-refractivity contribution < 1.29 is 28.6 Å². The Labute approximate surface area is 174 Å². The average Bonchev–Trinajstić information content (AvgIpc) is 2.95. The van der Waals surface area contributed by atoms with Crippen LogP contribution in [-0.2, 0) is 20.7 Å². The number of rotatable bonds is 8. The molecule has 1 aromatic heterocycles. The Hall–Kier alpha value is -2.80. The molecule has 0 saturated heterocycles. The van der Waals surface area contributed by atoms with Gasteiger partial charge in [0, 0.05) is 16.3 Å². The standard InChI is InChI=1S/C21H24ClNO6/c1-6-28-21(26)18-11(2)19(23-12(18)3)20(25)13(4)29-17(24)10-14-9-15(22)7-8-16(14)27-5/h7-9,13,23H,6,10H2,1-5H3/t13-/m1/s1. The number of aromatic amines is 1. The molecule has 1 aromatic carbocycles. The van der Waals surface area contributed by atoms with Crippen LogP contribution in [0.25, 0.3) is 0 Å². The number of esters is 2. The van der Waals surface area contributed by atoms with Crippen molar-refractivity contribution in [3.8, 4) is 5.75 Å². The number of carbonyl (C=O) groups is 3. The summed E-state index contributed by atoms with van der Waals surface area (Å²) in [6, 6.07) is 4.92. The highest BCUT2D eigenvalue weighted by Gasteiger charge is 2.27. The van der Waals surface area contributed by atoms with Crippen molar-refractivity contribution in [3.05, 3.63) is 51.3 Å². The van der Waals surface area contributed by atoms with Crippen molar-refractivity contribution >= 4 is 29.3 Å². The van der Waals surface area contributed by atoms with Crippen LogP contribution in [0, 0.1) is 13.8 Å². The number of H-pyrrole nitrogens is 1. The van der Waals surface area contributed by atoms with Crippen LogP contribution in [0.2, 0.25) is 5.02 Å². The first kappa shape index (κ1) is 22.5. The third-order valence-corrected chi connectivity index (χ3v) is 4.65.